The molecule has 0 amide bonds. The van der Waals surface area contributed by atoms with Gasteiger partial charge in [0.05, 0.1) is 6.20 Å². The van der Waals surface area contributed by atoms with Crippen LogP contribution in [0.2, 0.25) is 0 Å². The number of anilines is 2. The topological polar surface area (TPSA) is 62.1 Å². The normalized spacial score (nSPS) is 15.9. The molecule has 0 bridgehead atoms. The Kier molecular flexibility index (Phi) is 5.17. The zero-order valence-corrected chi connectivity index (χ0v) is 20.5. The number of hydrogen-bond acceptors (Lipinski definition) is 5. The molecule has 0 radical (unpaired) electrons. The van der Waals surface area contributed by atoms with E-state index in [4.69, 9.17) is 4.98 Å². The average molecular weight is 613 g/mol. The molecule has 166 valence electrons. The smallest absolute Gasteiger partial charge is 0.154 e. The van der Waals surface area contributed by atoms with Gasteiger partial charge in [-0.25, -0.2) is 4.98 Å². The minimum absolute atomic E-state index is 0. The fourth-order valence-electron chi connectivity index (χ4n) is 4.79. The maximum atomic E-state index is 10.3. The van der Waals surface area contributed by atoms with Gasteiger partial charge >= 0.3 is 0 Å². The molecular weight excluding hydrogens is 591 g/mol. The van der Waals surface area contributed by atoms with Crippen LogP contribution in [-0.2, 0) is 26.5 Å². The van der Waals surface area contributed by atoms with Gasteiger partial charge in [-0.05, 0) is 34.9 Å². The van der Waals surface area contributed by atoms with Gasteiger partial charge in [0, 0.05) is 44.5 Å². The molecule has 3 heterocycles. The fourth-order valence-corrected chi connectivity index (χ4v) is 4.79. The maximum absolute atomic E-state index is 10.3. The quantitative estimate of drug-likeness (QED) is 0.289. The van der Waals surface area contributed by atoms with Crippen LogP contribution in [0.5, 0.6) is 5.75 Å². The molecule has 0 saturated carbocycles. The predicted molar refractivity (Wildman–Crippen MR) is 126 cm³/mol. The SMILES string of the molecule is CC1(C)C2=CCC=C2N(c2cnccn2)c2[c-]c(-c3ccc4cccc(O)c4n3)ccc21.[Pt]. The van der Waals surface area contributed by atoms with Crippen LogP contribution in [-0.4, -0.2) is 20.1 Å². The number of nitrogens with zero attached hydrogens (tertiary/aromatic N) is 4. The van der Waals surface area contributed by atoms with Crippen molar-refractivity contribution >= 4 is 22.4 Å². The van der Waals surface area contributed by atoms with E-state index in [0.29, 0.717) is 5.52 Å². The molecule has 0 fully saturated rings. The van der Waals surface area contributed by atoms with E-state index in [1.54, 1.807) is 24.7 Å². The van der Waals surface area contributed by atoms with Crippen LogP contribution in [0, 0.1) is 6.07 Å². The van der Waals surface area contributed by atoms with Crippen molar-refractivity contribution in [2.45, 2.75) is 25.7 Å². The third-order valence-electron chi connectivity index (χ3n) is 6.40. The summed E-state index contributed by atoms with van der Waals surface area (Å²) in [5, 5.41) is 11.2. The first-order valence-electron chi connectivity index (χ1n) is 10.7. The molecule has 0 saturated heterocycles. The van der Waals surface area contributed by atoms with Crippen molar-refractivity contribution in [1.82, 2.24) is 15.0 Å². The minimum atomic E-state index is -0.152. The molecule has 6 rings (SSSR count). The monoisotopic (exact) mass is 612 g/mol. The Morgan fingerprint density at radius 2 is 1.91 bits per heavy atom. The van der Waals surface area contributed by atoms with E-state index in [9.17, 15) is 5.11 Å². The number of para-hydroxylation sites is 1. The molecule has 1 N–H and O–H groups in total. The van der Waals surface area contributed by atoms with Crippen molar-refractivity contribution in [1.29, 1.82) is 0 Å². The molecule has 2 aromatic heterocycles. The summed E-state index contributed by atoms with van der Waals surface area (Å²) in [5.41, 5.74) is 6.64. The molecule has 2 aromatic carbocycles. The number of pyridine rings is 1. The van der Waals surface area contributed by atoms with Gasteiger partial charge in [0.2, 0.25) is 0 Å². The summed E-state index contributed by atoms with van der Waals surface area (Å²) in [6.45, 7) is 4.51. The van der Waals surface area contributed by atoms with E-state index in [2.05, 4.69) is 59.1 Å². The van der Waals surface area contributed by atoms with Gasteiger partial charge in [-0.2, -0.15) is 0 Å². The minimum Gasteiger partial charge on any atom is -0.506 e. The zero-order chi connectivity index (χ0) is 21.9. The molecule has 1 aliphatic heterocycles. The molecule has 5 nitrogen and oxygen atoms in total. The molecule has 2 aliphatic rings. The van der Waals surface area contributed by atoms with Crippen LogP contribution in [0.25, 0.3) is 22.2 Å². The Hall–Kier alpha value is -3.30. The van der Waals surface area contributed by atoms with Crippen LogP contribution >= 0.6 is 0 Å². The Morgan fingerprint density at radius 1 is 1.03 bits per heavy atom. The van der Waals surface area contributed by atoms with Crippen molar-refractivity contribution in [3.63, 3.8) is 0 Å². The van der Waals surface area contributed by atoms with Crippen LogP contribution in [0.3, 0.4) is 0 Å². The molecule has 0 unspecified atom stereocenters. The summed E-state index contributed by atoms with van der Waals surface area (Å²) in [7, 11) is 0. The molecular formula is C27H21N4OPt-. The van der Waals surface area contributed by atoms with Crippen molar-refractivity contribution < 1.29 is 26.2 Å². The van der Waals surface area contributed by atoms with Crippen LogP contribution in [0.4, 0.5) is 11.5 Å². The molecule has 0 spiro atoms. The first-order chi connectivity index (χ1) is 15.5. The van der Waals surface area contributed by atoms with E-state index >= 15 is 0 Å². The summed E-state index contributed by atoms with van der Waals surface area (Å²) in [6.07, 6.45) is 10.6. The Morgan fingerprint density at radius 3 is 2.73 bits per heavy atom. The summed E-state index contributed by atoms with van der Waals surface area (Å²) in [4.78, 5) is 15.8. The van der Waals surface area contributed by atoms with Crippen LogP contribution < -0.4 is 4.90 Å². The zero-order valence-electron chi connectivity index (χ0n) is 18.2. The summed E-state index contributed by atoms with van der Waals surface area (Å²) < 4.78 is 0. The number of phenolic OH excluding ortho intramolecular Hbond substituents is 1. The summed E-state index contributed by atoms with van der Waals surface area (Å²) in [5.74, 6) is 0.941. The van der Waals surface area contributed by atoms with E-state index in [0.717, 1.165) is 40.3 Å². The number of aromatic hydroxyl groups is 1. The summed E-state index contributed by atoms with van der Waals surface area (Å²) >= 11 is 0. The fraction of sp³-hybridized carbons (Fsp3) is 0.148. The molecule has 4 aromatic rings. The van der Waals surface area contributed by atoms with Gasteiger partial charge in [-0.15, -0.1) is 23.8 Å². The number of hydrogen-bond donors (Lipinski definition) is 1. The van der Waals surface area contributed by atoms with E-state index in [1.165, 1.54) is 11.1 Å². The predicted octanol–water partition coefficient (Wildman–Crippen LogP) is 5.84. The third-order valence-corrected chi connectivity index (χ3v) is 6.40. The van der Waals surface area contributed by atoms with Gasteiger partial charge in [-0.1, -0.05) is 55.8 Å². The Labute approximate surface area is 206 Å². The van der Waals surface area contributed by atoms with Gasteiger partial charge in [-0.3, -0.25) is 9.97 Å². The molecule has 1 aliphatic carbocycles. The second kappa shape index (κ2) is 7.93. The molecule has 6 heteroatoms. The molecule has 33 heavy (non-hydrogen) atoms. The molecule has 0 atom stereocenters. The first-order valence-corrected chi connectivity index (χ1v) is 10.7. The number of aromatic nitrogens is 3. The average Bonchev–Trinajstić information content (AvgIpc) is 3.31. The number of benzene rings is 2. The van der Waals surface area contributed by atoms with Crippen molar-refractivity contribution in [2.24, 2.45) is 0 Å². The number of allylic oxidation sites excluding steroid dienone is 3. The van der Waals surface area contributed by atoms with Gasteiger partial charge in [0.1, 0.15) is 11.3 Å². The van der Waals surface area contributed by atoms with Crippen molar-refractivity contribution in [3.8, 4) is 17.0 Å². The summed E-state index contributed by atoms with van der Waals surface area (Å²) in [6, 6.07) is 17.2. The first kappa shape index (κ1) is 21.5. The van der Waals surface area contributed by atoms with Crippen LogP contribution in [0.1, 0.15) is 25.8 Å². The van der Waals surface area contributed by atoms with Crippen LogP contribution in [0.15, 0.2) is 84.5 Å². The van der Waals surface area contributed by atoms with Gasteiger partial charge < -0.3 is 10.0 Å². The third kappa shape index (κ3) is 3.30. The van der Waals surface area contributed by atoms with Crippen molar-refractivity contribution in [3.05, 3.63) is 96.1 Å². The number of phenols is 1. The maximum Gasteiger partial charge on any atom is 0.154 e. The largest absolute Gasteiger partial charge is 0.506 e. The number of rotatable bonds is 2. The standard InChI is InChI=1S/C27H21N4O.Pt/c1-27(2)19-6-4-7-22(19)31(25-16-28-13-14-29-25)23-15-18(9-11-20(23)27)21-12-10-17-5-3-8-24(32)26(17)30-21;/h3,5-14,16,32H,4H2,1-2H3;/q-1;. The van der Waals surface area contributed by atoms with E-state index < -0.39 is 0 Å². The van der Waals surface area contributed by atoms with Gasteiger partial charge in [0.15, 0.2) is 5.82 Å². The van der Waals surface area contributed by atoms with E-state index in [1.807, 2.05) is 24.3 Å². The second-order valence-electron chi connectivity index (χ2n) is 8.65. The Bertz CT molecular complexity index is 1440. The van der Waals surface area contributed by atoms with Gasteiger partial charge in [0.25, 0.3) is 0 Å². The Balaban J connectivity index is 0.00000228. The second-order valence-corrected chi connectivity index (χ2v) is 8.65. The van der Waals surface area contributed by atoms with E-state index in [-0.39, 0.29) is 32.2 Å². The van der Waals surface area contributed by atoms with Crippen molar-refractivity contribution in [2.75, 3.05) is 4.90 Å². The number of fused-ring (bicyclic) bond motifs is 3.